The summed E-state index contributed by atoms with van der Waals surface area (Å²) in [5.41, 5.74) is 5.52. The SMILES string of the molecule is CCC1(CC)c2cc(F)ccc2-c2c1c1c(c3cc(F)ccc23)OC(c2ccc(OC)cc2)(c2ccc3sc4ccccc4c3c2)C=C1. The second-order valence-corrected chi connectivity index (χ2v) is 14.0. The third-order valence-electron chi connectivity index (χ3n) is 10.8. The average molecular weight is 651 g/mol. The molecule has 0 saturated heterocycles. The molecule has 236 valence electrons. The van der Waals surface area contributed by atoms with E-state index < -0.39 is 11.0 Å². The summed E-state index contributed by atoms with van der Waals surface area (Å²) in [5, 5.41) is 3.98. The van der Waals surface area contributed by atoms with E-state index in [2.05, 4.69) is 68.5 Å². The van der Waals surface area contributed by atoms with Gasteiger partial charge >= 0.3 is 0 Å². The van der Waals surface area contributed by atoms with Crippen molar-refractivity contribution in [1.29, 1.82) is 0 Å². The van der Waals surface area contributed by atoms with Crippen LogP contribution in [-0.2, 0) is 11.0 Å². The maximum atomic E-state index is 15.3. The van der Waals surface area contributed by atoms with Crippen molar-refractivity contribution < 1.29 is 18.3 Å². The Morgan fingerprint density at radius 2 is 1.44 bits per heavy atom. The van der Waals surface area contributed by atoms with Crippen LogP contribution in [0, 0.1) is 11.6 Å². The van der Waals surface area contributed by atoms with Crippen molar-refractivity contribution in [2.75, 3.05) is 7.11 Å². The Morgan fingerprint density at radius 1 is 0.708 bits per heavy atom. The molecule has 1 aliphatic carbocycles. The van der Waals surface area contributed by atoms with E-state index in [1.165, 1.54) is 32.3 Å². The number of hydrogen-bond acceptors (Lipinski definition) is 3. The number of rotatable bonds is 5. The first kappa shape index (κ1) is 29.2. The molecule has 6 aromatic carbocycles. The molecule has 2 heterocycles. The molecule has 2 aliphatic rings. The van der Waals surface area contributed by atoms with Crippen LogP contribution in [0.3, 0.4) is 0 Å². The number of fused-ring (bicyclic) bond motifs is 11. The highest BCUT2D eigenvalue weighted by Gasteiger charge is 2.47. The van der Waals surface area contributed by atoms with Gasteiger partial charge in [-0.3, -0.25) is 0 Å². The fraction of sp³-hybridized carbons (Fsp3) is 0.163. The lowest BCUT2D eigenvalue weighted by Crippen LogP contribution is -2.35. The zero-order chi connectivity index (χ0) is 32.8. The fourth-order valence-electron chi connectivity index (χ4n) is 8.41. The molecule has 0 N–H and O–H groups in total. The minimum atomic E-state index is -1.03. The van der Waals surface area contributed by atoms with Crippen LogP contribution in [-0.4, -0.2) is 7.11 Å². The Kier molecular flexibility index (Phi) is 6.38. The van der Waals surface area contributed by atoms with E-state index in [4.69, 9.17) is 9.47 Å². The molecule has 0 saturated carbocycles. The van der Waals surface area contributed by atoms with Crippen molar-refractivity contribution in [2.24, 2.45) is 0 Å². The van der Waals surface area contributed by atoms with E-state index in [1.807, 2.05) is 36.4 Å². The van der Waals surface area contributed by atoms with Crippen molar-refractivity contribution >= 4 is 48.4 Å². The minimum absolute atomic E-state index is 0.251. The zero-order valence-electron chi connectivity index (χ0n) is 26.9. The summed E-state index contributed by atoms with van der Waals surface area (Å²) < 4.78 is 45.6. The fourth-order valence-corrected chi connectivity index (χ4v) is 9.50. The second kappa shape index (κ2) is 10.5. The van der Waals surface area contributed by atoms with Crippen molar-refractivity contribution in [3.8, 4) is 22.6 Å². The van der Waals surface area contributed by atoms with Gasteiger partial charge in [0.25, 0.3) is 0 Å². The van der Waals surface area contributed by atoms with Crippen molar-refractivity contribution in [3.05, 3.63) is 149 Å². The van der Waals surface area contributed by atoms with Gasteiger partial charge in [-0.25, -0.2) is 8.78 Å². The average Bonchev–Trinajstić information content (AvgIpc) is 3.64. The standard InChI is InChI=1S/C43H32F2O2S/c1-4-42(5-2)36-24-28(45)14-18-32(36)39-31-17-13-27(44)23-35(31)41-33(40(39)42)20-21-43(47-41,25-10-15-29(46-3)16-11-25)26-12-19-38-34(22-26)30-8-6-7-9-37(30)48-38/h6-24H,4-5H2,1-3H3. The van der Waals surface area contributed by atoms with E-state index in [9.17, 15) is 4.39 Å². The molecule has 0 radical (unpaired) electrons. The van der Waals surface area contributed by atoms with Crippen molar-refractivity contribution in [3.63, 3.8) is 0 Å². The molecule has 1 atom stereocenters. The van der Waals surface area contributed by atoms with Gasteiger partial charge in [0.1, 0.15) is 23.1 Å². The predicted octanol–water partition coefficient (Wildman–Crippen LogP) is 11.9. The second-order valence-electron chi connectivity index (χ2n) is 12.9. The molecular weight excluding hydrogens is 619 g/mol. The summed E-state index contributed by atoms with van der Waals surface area (Å²) in [6.45, 7) is 4.34. The van der Waals surface area contributed by atoms with Crippen LogP contribution < -0.4 is 9.47 Å². The van der Waals surface area contributed by atoms with E-state index >= 15 is 4.39 Å². The molecular formula is C43H32F2O2S. The first-order valence-electron chi connectivity index (χ1n) is 16.5. The topological polar surface area (TPSA) is 18.5 Å². The van der Waals surface area contributed by atoms with Crippen LogP contribution in [0.2, 0.25) is 0 Å². The number of methoxy groups -OCH3 is 1. The Morgan fingerprint density at radius 3 is 2.23 bits per heavy atom. The van der Waals surface area contributed by atoms with Crippen LogP contribution in [0.1, 0.15) is 54.5 Å². The van der Waals surface area contributed by atoms with Crippen LogP contribution in [0.5, 0.6) is 11.5 Å². The van der Waals surface area contributed by atoms with E-state index in [-0.39, 0.29) is 11.6 Å². The summed E-state index contributed by atoms with van der Waals surface area (Å²) in [4.78, 5) is 0. The lowest BCUT2D eigenvalue weighted by molar-refractivity contribution is 0.163. The van der Waals surface area contributed by atoms with Gasteiger partial charge in [-0.05, 0) is 101 Å². The third-order valence-corrected chi connectivity index (χ3v) is 11.9. The van der Waals surface area contributed by atoms with Crippen molar-refractivity contribution in [2.45, 2.75) is 37.7 Å². The number of hydrogen-bond donors (Lipinski definition) is 0. The highest BCUT2D eigenvalue weighted by molar-refractivity contribution is 7.25. The maximum absolute atomic E-state index is 15.3. The molecule has 0 spiro atoms. The largest absolute Gasteiger partial charge is 0.497 e. The number of halogens is 2. The number of thiophene rings is 1. The van der Waals surface area contributed by atoms with E-state index in [0.29, 0.717) is 11.1 Å². The Hall–Kier alpha value is -5.00. The highest BCUT2D eigenvalue weighted by atomic mass is 32.1. The Balaban J connectivity index is 1.37. The quantitative estimate of drug-likeness (QED) is 0.185. The molecule has 0 amide bonds. The van der Waals surface area contributed by atoms with Crippen LogP contribution in [0.25, 0.3) is 48.1 Å². The Bertz CT molecular complexity index is 2470. The molecule has 0 fully saturated rings. The van der Waals surface area contributed by atoms with Gasteiger partial charge in [0, 0.05) is 47.7 Å². The summed E-state index contributed by atoms with van der Waals surface area (Å²) in [7, 11) is 1.66. The number of ether oxygens (including phenoxy) is 2. The van der Waals surface area contributed by atoms with Gasteiger partial charge in [0.2, 0.25) is 0 Å². The highest BCUT2D eigenvalue weighted by Crippen LogP contribution is 2.60. The molecule has 1 aromatic heterocycles. The third kappa shape index (κ3) is 3.88. The lowest BCUT2D eigenvalue weighted by atomic mass is 9.71. The van der Waals surface area contributed by atoms with E-state index in [0.717, 1.165) is 62.9 Å². The van der Waals surface area contributed by atoms with Crippen LogP contribution in [0.4, 0.5) is 8.78 Å². The molecule has 9 rings (SSSR count). The van der Waals surface area contributed by atoms with Crippen molar-refractivity contribution in [1.82, 2.24) is 0 Å². The van der Waals surface area contributed by atoms with Gasteiger partial charge in [-0.2, -0.15) is 0 Å². The molecule has 48 heavy (non-hydrogen) atoms. The molecule has 7 aromatic rings. The number of benzene rings is 6. The molecule has 1 unspecified atom stereocenters. The monoisotopic (exact) mass is 650 g/mol. The first-order valence-corrected chi connectivity index (χ1v) is 17.3. The van der Waals surface area contributed by atoms with Gasteiger partial charge in [-0.1, -0.05) is 68.5 Å². The summed E-state index contributed by atoms with van der Waals surface area (Å²) >= 11 is 1.78. The molecule has 2 nitrogen and oxygen atoms in total. The molecule has 1 aliphatic heterocycles. The van der Waals surface area contributed by atoms with Crippen LogP contribution in [0.15, 0.2) is 109 Å². The summed E-state index contributed by atoms with van der Waals surface area (Å²) in [6.07, 6.45) is 5.89. The van der Waals surface area contributed by atoms with Crippen LogP contribution >= 0.6 is 11.3 Å². The van der Waals surface area contributed by atoms with Gasteiger partial charge < -0.3 is 9.47 Å². The summed E-state index contributed by atoms with van der Waals surface area (Å²) in [6, 6.07) is 33.1. The first-order chi connectivity index (χ1) is 23.4. The van der Waals surface area contributed by atoms with Gasteiger partial charge in [-0.15, -0.1) is 11.3 Å². The molecule has 5 heteroatoms. The predicted molar refractivity (Wildman–Crippen MR) is 193 cm³/mol. The minimum Gasteiger partial charge on any atom is -0.497 e. The maximum Gasteiger partial charge on any atom is 0.178 e. The normalized spacial score (nSPS) is 17.4. The smallest absolute Gasteiger partial charge is 0.178 e. The van der Waals surface area contributed by atoms with E-state index in [1.54, 1.807) is 30.6 Å². The van der Waals surface area contributed by atoms with Gasteiger partial charge in [0.05, 0.1) is 7.11 Å². The van der Waals surface area contributed by atoms with Gasteiger partial charge in [0.15, 0.2) is 5.60 Å². The summed E-state index contributed by atoms with van der Waals surface area (Å²) in [5.74, 6) is 0.799. The molecule has 0 bridgehead atoms. The zero-order valence-corrected chi connectivity index (χ0v) is 27.7. The lowest BCUT2D eigenvalue weighted by Gasteiger charge is -2.39. The Labute approximate surface area is 281 Å².